The lowest BCUT2D eigenvalue weighted by atomic mass is 10.2. The molecular formula is C15H11NO. The van der Waals surface area contributed by atoms with Crippen LogP contribution in [0.5, 0.6) is 5.75 Å². The third-order valence-corrected chi connectivity index (χ3v) is 2.77. The van der Waals surface area contributed by atoms with Gasteiger partial charge in [0.15, 0.2) is 11.9 Å². The maximum absolute atomic E-state index is 9.88. The van der Waals surface area contributed by atoms with E-state index in [1.807, 2.05) is 59.2 Å². The molecule has 2 heteroatoms. The van der Waals surface area contributed by atoms with E-state index >= 15 is 0 Å². The highest BCUT2D eigenvalue weighted by atomic mass is 16.3. The van der Waals surface area contributed by atoms with Crippen LogP contribution in [0.2, 0.25) is 0 Å². The average molecular weight is 221 g/mol. The lowest BCUT2D eigenvalue weighted by Crippen LogP contribution is -2.31. The SMILES string of the molecule is Oc1ccccc1-[n+]1[c-]ccc2ccccc21. The zero-order valence-electron chi connectivity index (χ0n) is 9.17. The standard InChI is InChI=1S/C15H11NO/c17-15-10-4-3-9-14(15)16-11-5-7-12-6-1-2-8-13(12)16/h1-10,17H. The van der Waals surface area contributed by atoms with Crippen molar-refractivity contribution in [3.05, 3.63) is 66.9 Å². The second kappa shape index (κ2) is 3.91. The fraction of sp³-hybridized carbons (Fsp3) is 0. The van der Waals surface area contributed by atoms with Crippen LogP contribution in [0, 0.1) is 6.20 Å². The van der Waals surface area contributed by atoms with E-state index in [2.05, 4.69) is 6.20 Å². The lowest BCUT2D eigenvalue weighted by Gasteiger charge is -2.08. The molecule has 0 atom stereocenters. The van der Waals surface area contributed by atoms with Gasteiger partial charge in [0.05, 0.1) is 0 Å². The highest BCUT2D eigenvalue weighted by Crippen LogP contribution is 2.18. The number of hydrogen-bond donors (Lipinski definition) is 1. The molecule has 2 aromatic carbocycles. The summed E-state index contributed by atoms with van der Waals surface area (Å²) in [7, 11) is 0. The van der Waals surface area contributed by atoms with E-state index in [4.69, 9.17) is 0 Å². The number of phenolic OH excluding ortho intramolecular Hbond substituents is 1. The predicted octanol–water partition coefficient (Wildman–Crippen LogP) is 2.62. The molecule has 0 unspecified atom stereocenters. The molecule has 0 spiro atoms. The summed E-state index contributed by atoms with van der Waals surface area (Å²) < 4.78 is 1.87. The van der Waals surface area contributed by atoms with Crippen LogP contribution in [-0.2, 0) is 0 Å². The van der Waals surface area contributed by atoms with Gasteiger partial charge < -0.3 is 5.11 Å². The number of benzene rings is 2. The van der Waals surface area contributed by atoms with E-state index < -0.39 is 0 Å². The van der Waals surface area contributed by atoms with Crippen molar-refractivity contribution in [3.63, 3.8) is 0 Å². The van der Waals surface area contributed by atoms with Crippen molar-refractivity contribution in [2.45, 2.75) is 0 Å². The summed E-state index contributed by atoms with van der Waals surface area (Å²) in [5.74, 6) is 0.255. The molecule has 0 saturated carbocycles. The molecule has 0 amide bonds. The first-order valence-corrected chi connectivity index (χ1v) is 5.46. The minimum absolute atomic E-state index is 0.255. The van der Waals surface area contributed by atoms with Crippen LogP contribution >= 0.6 is 0 Å². The van der Waals surface area contributed by atoms with Crippen LogP contribution in [0.4, 0.5) is 0 Å². The van der Waals surface area contributed by atoms with Gasteiger partial charge in [-0.05, 0) is 23.6 Å². The average Bonchev–Trinajstić information content (AvgIpc) is 2.39. The summed E-state index contributed by atoms with van der Waals surface area (Å²) in [6.45, 7) is 0. The Balaban J connectivity index is 2.35. The number of para-hydroxylation sites is 3. The van der Waals surface area contributed by atoms with Gasteiger partial charge in [0.2, 0.25) is 0 Å². The maximum atomic E-state index is 9.88. The van der Waals surface area contributed by atoms with Crippen molar-refractivity contribution >= 4 is 10.9 Å². The monoisotopic (exact) mass is 221 g/mol. The number of aromatic nitrogens is 1. The second-order valence-electron chi connectivity index (χ2n) is 3.85. The normalized spacial score (nSPS) is 10.6. The van der Waals surface area contributed by atoms with Crippen molar-refractivity contribution in [3.8, 4) is 11.4 Å². The minimum Gasteiger partial charge on any atom is -0.511 e. The molecule has 1 N–H and O–H groups in total. The van der Waals surface area contributed by atoms with Crippen LogP contribution in [0.1, 0.15) is 0 Å². The molecule has 1 aromatic heterocycles. The van der Waals surface area contributed by atoms with Crippen molar-refractivity contribution in [1.29, 1.82) is 0 Å². The molecule has 0 fully saturated rings. The number of aromatic hydroxyl groups is 1. The number of rotatable bonds is 1. The van der Waals surface area contributed by atoms with Gasteiger partial charge in [0, 0.05) is 0 Å². The van der Waals surface area contributed by atoms with E-state index in [1.54, 1.807) is 6.07 Å². The first-order chi connectivity index (χ1) is 8.36. The summed E-state index contributed by atoms with van der Waals surface area (Å²) in [6.07, 6.45) is 3.13. The van der Waals surface area contributed by atoms with Crippen LogP contribution in [0.25, 0.3) is 16.6 Å². The van der Waals surface area contributed by atoms with E-state index in [0.717, 1.165) is 16.6 Å². The molecule has 3 aromatic rings. The molecular weight excluding hydrogens is 210 g/mol. The van der Waals surface area contributed by atoms with Crippen LogP contribution in [-0.4, -0.2) is 5.11 Å². The second-order valence-corrected chi connectivity index (χ2v) is 3.85. The van der Waals surface area contributed by atoms with Crippen LogP contribution in [0.3, 0.4) is 0 Å². The van der Waals surface area contributed by atoms with Gasteiger partial charge in [-0.25, -0.2) is 0 Å². The number of hydrogen-bond acceptors (Lipinski definition) is 1. The predicted molar refractivity (Wildman–Crippen MR) is 66.0 cm³/mol. The third-order valence-electron chi connectivity index (χ3n) is 2.77. The van der Waals surface area contributed by atoms with Gasteiger partial charge in [-0.2, -0.15) is 0 Å². The Labute approximate surface area is 99.4 Å². The van der Waals surface area contributed by atoms with E-state index in [1.165, 1.54) is 0 Å². The summed E-state index contributed by atoms with van der Waals surface area (Å²) >= 11 is 0. The number of phenols is 1. The Hall–Kier alpha value is -2.35. The Bertz CT molecular complexity index is 671. The molecule has 0 aliphatic heterocycles. The molecule has 17 heavy (non-hydrogen) atoms. The Morgan fingerprint density at radius 3 is 2.53 bits per heavy atom. The molecule has 0 saturated heterocycles. The molecule has 3 rings (SSSR count). The minimum atomic E-state index is 0.255. The smallest absolute Gasteiger partial charge is 0.174 e. The first kappa shape index (κ1) is 9.85. The summed E-state index contributed by atoms with van der Waals surface area (Å²) in [6, 6.07) is 19.2. The fourth-order valence-electron chi connectivity index (χ4n) is 1.96. The quantitative estimate of drug-likeness (QED) is 0.495. The summed E-state index contributed by atoms with van der Waals surface area (Å²) in [5.41, 5.74) is 1.76. The first-order valence-electron chi connectivity index (χ1n) is 5.46. The summed E-state index contributed by atoms with van der Waals surface area (Å²) in [5, 5.41) is 11.0. The molecule has 2 nitrogen and oxygen atoms in total. The zero-order chi connectivity index (χ0) is 11.7. The molecule has 0 bridgehead atoms. The van der Waals surface area contributed by atoms with Crippen LogP contribution < -0.4 is 4.57 Å². The molecule has 0 aliphatic rings. The van der Waals surface area contributed by atoms with Crippen molar-refractivity contribution in [2.75, 3.05) is 0 Å². The van der Waals surface area contributed by atoms with Crippen molar-refractivity contribution in [1.82, 2.24) is 0 Å². The number of fused-ring (bicyclic) bond motifs is 1. The highest BCUT2D eigenvalue weighted by Gasteiger charge is 2.07. The van der Waals surface area contributed by atoms with Gasteiger partial charge in [-0.1, -0.05) is 36.4 Å². The molecule has 0 aliphatic carbocycles. The summed E-state index contributed by atoms with van der Waals surface area (Å²) in [4.78, 5) is 0. The molecule has 0 radical (unpaired) electrons. The van der Waals surface area contributed by atoms with E-state index in [0.29, 0.717) is 0 Å². The molecule has 1 heterocycles. The fourth-order valence-corrected chi connectivity index (χ4v) is 1.96. The molecule has 82 valence electrons. The van der Waals surface area contributed by atoms with E-state index in [9.17, 15) is 5.11 Å². The Morgan fingerprint density at radius 1 is 0.882 bits per heavy atom. The number of nitrogens with zero attached hydrogens (tertiary/aromatic N) is 1. The van der Waals surface area contributed by atoms with Gasteiger partial charge in [0.25, 0.3) is 0 Å². The van der Waals surface area contributed by atoms with Crippen LogP contribution in [0.15, 0.2) is 60.7 Å². The van der Waals surface area contributed by atoms with Gasteiger partial charge in [-0.15, -0.1) is 6.07 Å². The van der Waals surface area contributed by atoms with Crippen molar-refractivity contribution in [2.24, 2.45) is 0 Å². The van der Waals surface area contributed by atoms with Gasteiger partial charge >= 0.3 is 0 Å². The largest absolute Gasteiger partial charge is 0.511 e. The lowest BCUT2D eigenvalue weighted by molar-refractivity contribution is -0.572. The topological polar surface area (TPSA) is 24.1 Å². The third kappa shape index (κ3) is 1.64. The highest BCUT2D eigenvalue weighted by molar-refractivity contribution is 5.75. The maximum Gasteiger partial charge on any atom is 0.174 e. The van der Waals surface area contributed by atoms with E-state index in [-0.39, 0.29) is 5.75 Å². The van der Waals surface area contributed by atoms with Crippen molar-refractivity contribution < 1.29 is 9.67 Å². The Morgan fingerprint density at radius 2 is 1.65 bits per heavy atom. The number of pyridine rings is 1. The Kier molecular flexibility index (Phi) is 2.26. The zero-order valence-corrected chi connectivity index (χ0v) is 9.17. The van der Waals surface area contributed by atoms with Gasteiger partial charge in [0.1, 0.15) is 11.3 Å². The van der Waals surface area contributed by atoms with Gasteiger partial charge in [-0.3, -0.25) is 4.57 Å².